The molecule has 0 aliphatic carbocycles. The van der Waals surface area contributed by atoms with Gasteiger partial charge >= 0.3 is 5.97 Å². The van der Waals surface area contributed by atoms with Crippen LogP contribution in [0, 0.1) is 10.1 Å². The van der Waals surface area contributed by atoms with Gasteiger partial charge in [-0.25, -0.2) is 4.79 Å². The SMILES string of the molecule is O=C(O)c1ccc(NC2CCSC2)c([N+](=O)[O-])c1. The van der Waals surface area contributed by atoms with Crippen LogP contribution in [0.3, 0.4) is 0 Å². The molecule has 1 saturated heterocycles. The maximum Gasteiger partial charge on any atom is 0.335 e. The Morgan fingerprint density at radius 2 is 2.33 bits per heavy atom. The molecule has 1 aromatic rings. The first-order valence-electron chi connectivity index (χ1n) is 5.44. The van der Waals surface area contributed by atoms with Gasteiger partial charge in [0.2, 0.25) is 0 Å². The quantitative estimate of drug-likeness (QED) is 0.642. The number of nitrogens with one attached hydrogen (secondary N) is 1. The summed E-state index contributed by atoms with van der Waals surface area (Å²) in [6.07, 6.45) is 0.961. The molecule has 1 aromatic carbocycles. The van der Waals surface area contributed by atoms with Gasteiger partial charge < -0.3 is 10.4 Å². The predicted molar refractivity (Wildman–Crippen MR) is 69.4 cm³/mol. The van der Waals surface area contributed by atoms with E-state index in [2.05, 4.69) is 5.32 Å². The smallest absolute Gasteiger partial charge is 0.335 e. The van der Waals surface area contributed by atoms with Crippen LogP contribution in [0.4, 0.5) is 11.4 Å². The van der Waals surface area contributed by atoms with E-state index in [0.717, 1.165) is 24.0 Å². The van der Waals surface area contributed by atoms with Crippen molar-refractivity contribution in [3.63, 3.8) is 0 Å². The summed E-state index contributed by atoms with van der Waals surface area (Å²) in [6.45, 7) is 0. The van der Waals surface area contributed by atoms with E-state index in [-0.39, 0.29) is 17.3 Å². The fourth-order valence-electron chi connectivity index (χ4n) is 1.81. The number of carboxylic acids is 1. The molecule has 1 fully saturated rings. The second kappa shape index (κ2) is 5.26. The number of nitro benzene ring substituents is 1. The number of benzene rings is 1. The lowest BCUT2D eigenvalue weighted by atomic mass is 10.1. The maximum atomic E-state index is 10.9. The topological polar surface area (TPSA) is 92.5 Å². The summed E-state index contributed by atoms with van der Waals surface area (Å²) in [5.41, 5.74) is 0.123. The number of carboxylic acid groups (broad SMARTS) is 1. The second-order valence-corrected chi connectivity index (χ2v) is 5.15. The summed E-state index contributed by atoms with van der Waals surface area (Å²) in [5, 5.41) is 22.9. The highest BCUT2D eigenvalue weighted by molar-refractivity contribution is 7.99. The summed E-state index contributed by atoms with van der Waals surface area (Å²) < 4.78 is 0. The standard InChI is InChI=1S/C11H12N2O4S/c14-11(15)7-1-2-9(10(5-7)13(16)17)12-8-3-4-18-6-8/h1-2,5,8,12H,3-4,6H2,(H,14,15). The third-order valence-electron chi connectivity index (χ3n) is 2.73. The van der Waals surface area contributed by atoms with Gasteiger partial charge in [0.05, 0.1) is 10.5 Å². The summed E-state index contributed by atoms with van der Waals surface area (Å²) >= 11 is 1.80. The van der Waals surface area contributed by atoms with Crippen LogP contribution in [0.2, 0.25) is 0 Å². The number of hydrogen-bond acceptors (Lipinski definition) is 5. The molecule has 2 rings (SSSR count). The number of aromatic carboxylic acids is 1. The molecule has 1 aliphatic rings. The van der Waals surface area contributed by atoms with Gasteiger partial charge in [-0.3, -0.25) is 10.1 Å². The molecule has 0 saturated carbocycles. The van der Waals surface area contributed by atoms with Crippen LogP contribution in [0.1, 0.15) is 16.8 Å². The highest BCUT2D eigenvalue weighted by Gasteiger charge is 2.21. The lowest BCUT2D eigenvalue weighted by molar-refractivity contribution is -0.384. The number of carbonyl (C=O) groups is 1. The van der Waals surface area contributed by atoms with Crippen molar-refractivity contribution in [1.29, 1.82) is 0 Å². The van der Waals surface area contributed by atoms with Crippen molar-refractivity contribution in [3.05, 3.63) is 33.9 Å². The molecular formula is C11H12N2O4S. The third kappa shape index (κ3) is 2.73. The number of anilines is 1. The van der Waals surface area contributed by atoms with Gasteiger partial charge in [0.15, 0.2) is 0 Å². The Balaban J connectivity index is 2.28. The van der Waals surface area contributed by atoms with Crippen LogP contribution in [-0.2, 0) is 0 Å². The average Bonchev–Trinajstić information content (AvgIpc) is 2.81. The summed E-state index contributed by atoms with van der Waals surface area (Å²) in [6, 6.07) is 4.14. The van der Waals surface area contributed by atoms with Gasteiger partial charge in [0, 0.05) is 17.9 Å². The molecule has 18 heavy (non-hydrogen) atoms. The Kier molecular flexibility index (Phi) is 3.71. The summed E-state index contributed by atoms with van der Waals surface area (Å²) in [4.78, 5) is 21.2. The minimum absolute atomic E-state index is 0.0759. The van der Waals surface area contributed by atoms with Crippen LogP contribution in [0.15, 0.2) is 18.2 Å². The van der Waals surface area contributed by atoms with Crippen molar-refractivity contribution in [2.24, 2.45) is 0 Å². The Hall–Kier alpha value is -1.76. The number of thioether (sulfide) groups is 1. The zero-order valence-corrected chi connectivity index (χ0v) is 10.3. The normalized spacial score (nSPS) is 18.6. The Morgan fingerprint density at radius 1 is 1.56 bits per heavy atom. The Labute approximate surface area is 108 Å². The van der Waals surface area contributed by atoms with E-state index < -0.39 is 10.9 Å². The van der Waals surface area contributed by atoms with E-state index in [1.54, 1.807) is 11.8 Å². The minimum atomic E-state index is -1.17. The molecule has 0 spiro atoms. The van der Waals surface area contributed by atoms with E-state index in [1.807, 2.05) is 0 Å². The van der Waals surface area contributed by atoms with Gasteiger partial charge in [0.25, 0.3) is 5.69 Å². The zero-order valence-electron chi connectivity index (χ0n) is 9.46. The summed E-state index contributed by atoms with van der Waals surface area (Å²) in [5.74, 6) is 0.789. The highest BCUT2D eigenvalue weighted by Crippen LogP contribution is 2.29. The first-order chi connectivity index (χ1) is 8.58. The predicted octanol–water partition coefficient (Wildman–Crippen LogP) is 2.21. The molecular weight excluding hydrogens is 256 g/mol. The molecule has 7 heteroatoms. The molecule has 2 N–H and O–H groups in total. The molecule has 1 heterocycles. The maximum absolute atomic E-state index is 10.9. The molecule has 1 unspecified atom stereocenters. The monoisotopic (exact) mass is 268 g/mol. The molecule has 0 aromatic heterocycles. The van der Waals surface area contributed by atoms with Crippen molar-refractivity contribution in [2.75, 3.05) is 16.8 Å². The minimum Gasteiger partial charge on any atom is -0.478 e. The van der Waals surface area contributed by atoms with E-state index >= 15 is 0 Å². The van der Waals surface area contributed by atoms with Crippen LogP contribution in [0.5, 0.6) is 0 Å². The van der Waals surface area contributed by atoms with Crippen molar-refractivity contribution < 1.29 is 14.8 Å². The fourth-order valence-corrected chi connectivity index (χ4v) is 2.96. The van der Waals surface area contributed by atoms with E-state index in [0.29, 0.717) is 5.69 Å². The van der Waals surface area contributed by atoms with Gasteiger partial charge in [-0.1, -0.05) is 0 Å². The molecule has 0 radical (unpaired) electrons. The van der Waals surface area contributed by atoms with Crippen LogP contribution < -0.4 is 5.32 Å². The second-order valence-electron chi connectivity index (χ2n) is 4.00. The number of nitrogens with zero attached hydrogens (tertiary/aromatic N) is 1. The number of nitro groups is 1. The fraction of sp³-hybridized carbons (Fsp3) is 0.364. The first-order valence-corrected chi connectivity index (χ1v) is 6.59. The van der Waals surface area contributed by atoms with E-state index in [9.17, 15) is 14.9 Å². The van der Waals surface area contributed by atoms with Gasteiger partial charge in [0.1, 0.15) is 5.69 Å². The van der Waals surface area contributed by atoms with Crippen LogP contribution in [-0.4, -0.2) is 33.5 Å². The number of hydrogen-bond donors (Lipinski definition) is 2. The van der Waals surface area contributed by atoms with Crippen LogP contribution >= 0.6 is 11.8 Å². The number of rotatable bonds is 4. The van der Waals surface area contributed by atoms with Gasteiger partial charge in [-0.2, -0.15) is 11.8 Å². The van der Waals surface area contributed by atoms with Crippen molar-refractivity contribution in [1.82, 2.24) is 0 Å². The largest absolute Gasteiger partial charge is 0.478 e. The molecule has 1 aliphatic heterocycles. The summed E-state index contributed by atoms with van der Waals surface area (Å²) in [7, 11) is 0. The van der Waals surface area contributed by atoms with Crippen LogP contribution in [0.25, 0.3) is 0 Å². The molecule has 0 bridgehead atoms. The Bertz CT molecular complexity index is 486. The Morgan fingerprint density at radius 3 is 2.89 bits per heavy atom. The molecule has 6 nitrogen and oxygen atoms in total. The lowest BCUT2D eigenvalue weighted by Crippen LogP contribution is -2.19. The van der Waals surface area contributed by atoms with E-state index in [4.69, 9.17) is 5.11 Å². The molecule has 1 atom stereocenters. The lowest BCUT2D eigenvalue weighted by Gasteiger charge is -2.13. The zero-order chi connectivity index (χ0) is 13.1. The third-order valence-corrected chi connectivity index (χ3v) is 3.89. The van der Waals surface area contributed by atoms with Crippen molar-refractivity contribution >= 4 is 29.1 Å². The van der Waals surface area contributed by atoms with Crippen molar-refractivity contribution in [3.8, 4) is 0 Å². The van der Waals surface area contributed by atoms with Crippen molar-refractivity contribution in [2.45, 2.75) is 12.5 Å². The highest BCUT2D eigenvalue weighted by atomic mass is 32.2. The average molecular weight is 268 g/mol. The molecule has 0 amide bonds. The molecule has 96 valence electrons. The van der Waals surface area contributed by atoms with E-state index in [1.165, 1.54) is 12.1 Å². The van der Waals surface area contributed by atoms with Gasteiger partial charge in [-0.05, 0) is 24.3 Å². The first kappa shape index (κ1) is 12.7. The van der Waals surface area contributed by atoms with Gasteiger partial charge in [-0.15, -0.1) is 0 Å².